The molecule has 1 saturated heterocycles. The molecule has 3 rings (SSSR count). The first-order valence-electron chi connectivity index (χ1n) is 7.66. The zero-order valence-corrected chi connectivity index (χ0v) is 13.5. The molecule has 0 radical (unpaired) electrons. The fourth-order valence-corrected chi connectivity index (χ4v) is 3.33. The fourth-order valence-electron chi connectivity index (χ4n) is 3.04. The van der Waals surface area contributed by atoms with Gasteiger partial charge in [0.25, 0.3) is 0 Å². The van der Waals surface area contributed by atoms with Crippen molar-refractivity contribution in [3.63, 3.8) is 0 Å². The molecule has 1 atom stereocenters. The molecule has 22 heavy (non-hydrogen) atoms. The van der Waals surface area contributed by atoms with Crippen molar-refractivity contribution in [1.82, 2.24) is 14.7 Å². The smallest absolute Gasteiger partial charge is 0.224 e. The third kappa shape index (κ3) is 3.17. The topological polar surface area (TPSA) is 38.1 Å². The number of aryl methyl sites for hydroxylation is 2. The summed E-state index contributed by atoms with van der Waals surface area (Å²) in [5, 5.41) is 5.02. The van der Waals surface area contributed by atoms with Crippen LogP contribution >= 0.6 is 11.6 Å². The Morgan fingerprint density at radius 2 is 2.18 bits per heavy atom. The summed E-state index contributed by atoms with van der Waals surface area (Å²) in [5.74, 6) is 0.550. The van der Waals surface area contributed by atoms with Gasteiger partial charge in [-0.15, -0.1) is 0 Å². The molecule has 0 unspecified atom stereocenters. The molecule has 0 spiro atoms. The van der Waals surface area contributed by atoms with Gasteiger partial charge >= 0.3 is 0 Å². The summed E-state index contributed by atoms with van der Waals surface area (Å²) < 4.78 is 1.87. The maximum atomic E-state index is 12.4. The van der Waals surface area contributed by atoms with E-state index in [0.29, 0.717) is 18.9 Å². The van der Waals surface area contributed by atoms with Gasteiger partial charge in [0.05, 0.1) is 0 Å². The molecule has 2 aromatic rings. The van der Waals surface area contributed by atoms with Crippen LogP contribution < -0.4 is 0 Å². The summed E-state index contributed by atoms with van der Waals surface area (Å²) in [4.78, 5) is 14.3. The number of benzene rings is 1. The van der Waals surface area contributed by atoms with Crippen molar-refractivity contribution >= 4 is 17.5 Å². The Bertz CT molecular complexity index is 667. The molecule has 1 amide bonds. The van der Waals surface area contributed by atoms with Crippen LogP contribution in [0.2, 0.25) is 5.02 Å². The number of rotatable bonds is 4. The van der Waals surface area contributed by atoms with E-state index in [-0.39, 0.29) is 5.91 Å². The summed E-state index contributed by atoms with van der Waals surface area (Å²) in [6, 6.07) is 9.88. The average molecular weight is 318 g/mol. The van der Waals surface area contributed by atoms with Crippen molar-refractivity contribution in [1.29, 1.82) is 0 Å². The van der Waals surface area contributed by atoms with Gasteiger partial charge in [-0.25, -0.2) is 0 Å². The Labute approximate surface area is 135 Å². The summed E-state index contributed by atoms with van der Waals surface area (Å²) in [7, 11) is 0. The Balaban J connectivity index is 1.57. The minimum absolute atomic E-state index is 0.199. The van der Waals surface area contributed by atoms with Gasteiger partial charge in [-0.1, -0.05) is 29.8 Å². The minimum Gasteiger partial charge on any atom is -0.342 e. The van der Waals surface area contributed by atoms with E-state index in [0.717, 1.165) is 35.8 Å². The number of likely N-dealkylation sites (tertiary alicyclic amines) is 1. The van der Waals surface area contributed by atoms with Crippen molar-refractivity contribution in [2.45, 2.75) is 32.2 Å². The molecular weight excluding hydrogens is 298 g/mol. The van der Waals surface area contributed by atoms with Crippen molar-refractivity contribution in [3.05, 3.63) is 52.8 Å². The molecule has 1 fully saturated rings. The molecule has 0 aliphatic carbocycles. The van der Waals surface area contributed by atoms with E-state index in [1.54, 1.807) is 6.20 Å². The van der Waals surface area contributed by atoms with Gasteiger partial charge < -0.3 is 4.90 Å². The van der Waals surface area contributed by atoms with Gasteiger partial charge in [0, 0.05) is 48.9 Å². The lowest BCUT2D eigenvalue weighted by atomic mass is 9.98. The minimum atomic E-state index is 0.199. The van der Waals surface area contributed by atoms with E-state index in [9.17, 15) is 4.79 Å². The third-order valence-corrected chi connectivity index (χ3v) is 4.70. The highest BCUT2D eigenvalue weighted by Gasteiger charge is 2.28. The molecular formula is C17H20ClN3O. The molecule has 4 nitrogen and oxygen atoms in total. The first-order valence-corrected chi connectivity index (χ1v) is 8.03. The van der Waals surface area contributed by atoms with E-state index >= 15 is 0 Å². The Hall–Kier alpha value is -1.81. The van der Waals surface area contributed by atoms with Crippen LogP contribution in [0.15, 0.2) is 36.5 Å². The summed E-state index contributed by atoms with van der Waals surface area (Å²) in [6.07, 6.45) is 3.25. The number of carbonyl (C=O) groups is 1. The quantitative estimate of drug-likeness (QED) is 0.868. The molecule has 1 aromatic carbocycles. The van der Waals surface area contributed by atoms with Crippen LogP contribution in [0, 0.1) is 6.92 Å². The molecule has 0 N–H and O–H groups in total. The van der Waals surface area contributed by atoms with Crippen LogP contribution in [-0.4, -0.2) is 33.7 Å². The molecule has 0 saturated carbocycles. The Kier molecular flexibility index (Phi) is 4.48. The van der Waals surface area contributed by atoms with Gasteiger partial charge in [-0.05, 0) is 31.0 Å². The summed E-state index contributed by atoms with van der Waals surface area (Å²) in [6.45, 7) is 4.22. The van der Waals surface area contributed by atoms with Crippen LogP contribution in [0.4, 0.5) is 0 Å². The van der Waals surface area contributed by atoms with Crippen molar-refractivity contribution < 1.29 is 4.79 Å². The molecule has 2 heterocycles. The number of amides is 1. The largest absolute Gasteiger partial charge is 0.342 e. The lowest BCUT2D eigenvalue weighted by molar-refractivity contribution is -0.130. The lowest BCUT2D eigenvalue weighted by Gasteiger charge is -2.17. The number of hydrogen-bond donors (Lipinski definition) is 0. The normalized spacial score (nSPS) is 17.9. The molecule has 1 aliphatic heterocycles. The summed E-state index contributed by atoms with van der Waals surface area (Å²) >= 11 is 6.26. The zero-order chi connectivity index (χ0) is 15.5. The number of aromatic nitrogens is 2. The highest BCUT2D eigenvalue weighted by molar-refractivity contribution is 6.31. The van der Waals surface area contributed by atoms with Crippen LogP contribution in [0.5, 0.6) is 0 Å². The number of nitrogens with zero attached hydrogens (tertiary/aromatic N) is 3. The number of halogens is 1. The number of hydrogen-bond acceptors (Lipinski definition) is 2. The average Bonchev–Trinajstić information content (AvgIpc) is 3.14. The first kappa shape index (κ1) is 15.1. The SMILES string of the molecule is Cc1ccnn1CCC(=O)N1CC[C@@H](c2ccccc2Cl)C1. The first-order chi connectivity index (χ1) is 10.6. The van der Waals surface area contributed by atoms with Crippen LogP contribution in [0.25, 0.3) is 0 Å². The van der Waals surface area contributed by atoms with Crippen LogP contribution in [-0.2, 0) is 11.3 Å². The maximum absolute atomic E-state index is 12.4. The maximum Gasteiger partial charge on any atom is 0.224 e. The Morgan fingerprint density at radius 3 is 2.91 bits per heavy atom. The molecule has 0 bridgehead atoms. The molecule has 5 heteroatoms. The second-order valence-electron chi connectivity index (χ2n) is 5.79. The lowest BCUT2D eigenvalue weighted by Crippen LogP contribution is -2.29. The highest BCUT2D eigenvalue weighted by atomic mass is 35.5. The van der Waals surface area contributed by atoms with Gasteiger partial charge in [0.2, 0.25) is 5.91 Å². The zero-order valence-electron chi connectivity index (χ0n) is 12.7. The monoisotopic (exact) mass is 317 g/mol. The predicted octanol–water partition coefficient (Wildman–Crippen LogP) is 3.25. The predicted molar refractivity (Wildman–Crippen MR) is 87.0 cm³/mol. The van der Waals surface area contributed by atoms with Gasteiger partial charge in [-0.2, -0.15) is 5.10 Å². The third-order valence-electron chi connectivity index (χ3n) is 4.35. The molecule has 116 valence electrons. The Morgan fingerprint density at radius 1 is 1.36 bits per heavy atom. The van der Waals surface area contributed by atoms with Gasteiger partial charge in [0.1, 0.15) is 0 Å². The van der Waals surface area contributed by atoms with Crippen LogP contribution in [0.1, 0.15) is 30.0 Å². The van der Waals surface area contributed by atoms with E-state index in [2.05, 4.69) is 11.2 Å². The van der Waals surface area contributed by atoms with Crippen molar-refractivity contribution in [2.24, 2.45) is 0 Å². The highest BCUT2D eigenvalue weighted by Crippen LogP contribution is 2.32. The summed E-state index contributed by atoms with van der Waals surface area (Å²) in [5.41, 5.74) is 2.24. The van der Waals surface area contributed by atoms with E-state index in [1.807, 2.05) is 40.8 Å². The van der Waals surface area contributed by atoms with E-state index < -0.39 is 0 Å². The second-order valence-corrected chi connectivity index (χ2v) is 6.20. The van der Waals surface area contributed by atoms with Crippen LogP contribution in [0.3, 0.4) is 0 Å². The fraction of sp³-hybridized carbons (Fsp3) is 0.412. The van der Waals surface area contributed by atoms with E-state index in [4.69, 9.17) is 11.6 Å². The van der Waals surface area contributed by atoms with Gasteiger partial charge in [-0.3, -0.25) is 9.48 Å². The van der Waals surface area contributed by atoms with Crippen molar-refractivity contribution in [2.75, 3.05) is 13.1 Å². The van der Waals surface area contributed by atoms with E-state index in [1.165, 1.54) is 0 Å². The number of carbonyl (C=O) groups excluding carboxylic acids is 1. The second kappa shape index (κ2) is 6.53. The van der Waals surface area contributed by atoms with Gasteiger partial charge in [0.15, 0.2) is 0 Å². The van der Waals surface area contributed by atoms with Crippen molar-refractivity contribution in [3.8, 4) is 0 Å². The molecule has 1 aromatic heterocycles. The molecule has 1 aliphatic rings. The standard InChI is InChI=1S/C17H20ClN3O/c1-13-6-9-19-21(13)11-8-17(22)20-10-7-14(12-20)15-4-2-3-5-16(15)18/h2-6,9,14H,7-8,10-12H2,1H3/t14-/m1/s1.